The number of nitrogens with one attached hydrogen (secondary N) is 1. The van der Waals surface area contributed by atoms with Gasteiger partial charge in [-0.05, 0) is 42.5 Å². The van der Waals surface area contributed by atoms with Crippen molar-refractivity contribution in [2.75, 3.05) is 6.61 Å². The quantitative estimate of drug-likeness (QED) is 0.727. The maximum atomic E-state index is 5.77. The Morgan fingerprint density at radius 3 is 2.84 bits per heavy atom. The van der Waals surface area contributed by atoms with Gasteiger partial charge in [-0.3, -0.25) is 0 Å². The molecule has 1 aliphatic heterocycles. The van der Waals surface area contributed by atoms with Crippen LogP contribution in [0.25, 0.3) is 0 Å². The Morgan fingerprint density at radius 2 is 2.04 bits per heavy atom. The van der Waals surface area contributed by atoms with Crippen LogP contribution in [0.1, 0.15) is 39.9 Å². The molecule has 0 spiro atoms. The normalized spacial score (nSPS) is 14.6. The van der Waals surface area contributed by atoms with Gasteiger partial charge in [0.05, 0.1) is 23.4 Å². The van der Waals surface area contributed by atoms with Gasteiger partial charge >= 0.3 is 0 Å². The minimum Gasteiger partial charge on any atom is -0.493 e. The van der Waals surface area contributed by atoms with E-state index in [4.69, 9.17) is 4.74 Å². The lowest BCUT2D eigenvalue weighted by Gasteiger charge is -2.23. The number of fused-ring (bicyclic) bond motifs is 1. The first-order chi connectivity index (χ1) is 12.3. The fraction of sp³-hybridized carbons (Fsp3) is 0.286. The second kappa shape index (κ2) is 7.38. The summed E-state index contributed by atoms with van der Waals surface area (Å²) < 4.78 is 5.77. The maximum absolute atomic E-state index is 5.77. The summed E-state index contributed by atoms with van der Waals surface area (Å²) in [5.41, 5.74) is 4.97. The minimum absolute atomic E-state index is 0.149. The Bertz CT molecular complexity index is 844. The van der Waals surface area contributed by atoms with E-state index < -0.39 is 0 Å². The van der Waals surface area contributed by atoms with E-state index >= 15 is 0 Å². The lowest BCUT2D eigenvalue weighted by atomic mass is 9.95. The van der Waals surface area contributed by atoms with Crippen molar-refractivity contribution < 1.29 is 4.74 Å². The number of nitrogens with zero attached hydrogens (tertiary/aromatic N) is 1. The summed E-state index contributed by atoms with van der Waals surface area (Å²) in [5, 5.41) is 6.93. The predicted molar refractivity (Wildman–Crippen MR) is 102 cm³/mol. The van der Waals surface area contributed by atoms with Gasteiger partial charge < -0.3 is 10.1 Å². The number of benzene rings is 2. The van der Waals surface area contributed by atoms with Crippen LogP contribution in [-0.4, -0.2) is 11.6 Å². The fourth-order valence-electron chi connectivity index (χ4n) is 3.33. The Morgan fingerprint density at radius 1 is 1.16 bits per heavy atom. The molecule has 3 aromatic rings. The number of aryl methyl sites for hydroxylation is 2. The highest BCUT2D eigenvalue weighted by Crippen LogP contribution is 2.30. The van der Waals surface area contributed by atoms with Crippen molar-refractivity contribution in [2.24, 2.45) is 0 Å². The van der Waals surface area contributed by atoms with Gasteiger partial charge in [-0.1, -0.05) is 42.5 Å². The van der Waals surface area contributed by atoms with Crippen LogP contribution < -0.4 is 10.1 Å². The molecule has 1 atom stereocenters. The molecule has 2 heterocycles. The molecular formula is C21H22N2OS. The van der Waals surface area contributed by atoms with Gasteiger partial charge in [-0.25, -0.2) is 4.98 Å². The van der Waals surface area contributed by atoms with Crippen LogP contribution >= 0.6 is 11.3 Å². The summed E-state index contributed by atoms with van der Waals surface area (Å²) in [5.74, 6) is 1.04. The molecule has 4 heteroatoms. The molecule has 1 unspecified atom stereocenters. The fourth-order valence-corrected chi connectivity index (χ4v) is 3.94. The highest BCUT2D eigenvalue weighted by atomic mass is 32.1. The van der Waals surface area contributed by atoms with Crippen molar-refractivity contribution in [1.82, 2.24) is 10.3 Å². The van der Waals surface area contributed by atoms with Gasteiger partial charge in [0.2, 0.25) is 0 Å². The van der Waals surface area contributed by atoms with Crippen molar-refractivity contribution >= 4 is 11.3 Å². The maximum Gasteiger partial charge on any atom is 0.122 e. The van der Waals surface area contributed by atoms with Gasteiger partial charge in [0.25, 0.3) is 0 Å². The molecule has 128 valence electrons. The Balaban J connectivity index is 1.63. The molecule has 0 bridgehead atoms. The lowest BCUT2D eigenvalue weighted by molar-refractivity contribution is 0.288. The third kappa shape index (κ3) is 3.75. The third-order valence-electron chi connectivity index (χ3n) is 4.55. The number of aromatic nitrogens is 1. The van der Waals surface area contributed by atoms with Crippen LogP contribution in [-0.2, 0) is 13.0 Å². The molecule has 0 saturated heterocycles. The summed E-state index contributed by atoms with van der Waals surface area (Å²) >= 11 is 1.70. The molecule has 4 rings (SSSR count). The molecule has 0 saturated carbocycles. The Labute approximate surface area is 152 Å². The van der Waals surface area contributed by atoms with Gasteiger partial charge in [0.15, 0.2) is 0 Å². The molecule has 0 fully saturated rings. The summed E-state index contributed by atoms with van der Waals surface area (Å²) in [6.45, 7) is 3.64. The molecule has 0 radical (unpaired) electrons. The summed E-state index contributed by atoms with van der Waals surface area (Å²) in [4.78, 5) is 4.58. The molecule has 3 nitrogen and oxygen atoms in total. The van der Waals surface area contributed by atoms with Crippen molar-refractivity contribution in [1.29, 1.82) is 0 Å². The Hall–Kier alpha value is -2.17. The number of hydrogen-bond donors (Lipinski definition) is 1. The number of thiazole rings is 1. The predicted octanol–water partition coefficient (Wildman–Crippen LogP) is 4.66. The van der Waals surface area contributed by atoms with Crippen LogP contribution in [0.3, 0.4) is 0 Å². The van der Waals surface area contributed by atoms with Gasteiger partial charge in [0, 0.05) is 11.9 Å². The second-order valence-electron chi connectivity index (χ2n) is 6.40. The van der Waals surface area contributed by atoms with E-state index in [-0.39, 0.29) is 6.04 Å². The van der Waals surface area contributed by atoms with Crippen LogP contribution in [0, 0.1) is 6.92 Å². The van der Waals surface area contributed by atoms with E-state index in [9.17, 15) is 0 Å². The Kier molecular flexibility index (Phi) is 4.81. The van der Waals surface area contributed by atoms with Crippen LogP contribution in [0.4, 0.5) is 0 Å². The smallest absolute Gasteiger partial charge is 0.122 e. The lowest BCUT2D eigenvalue weighted by Crippen LogP contribution is -2.22. The molecular weight excluding hydrogens is 328 g/mol. The van der Waals surface area contributed by atoms with Gasteiger partial charge in [-0.15, -0.1) is 11.3 Å². The summed E-state index contributed by atoms with van der Waals surface area (Å²) in [6, 6.07) is 17.4. The van der Waals surface area contributed by atoms with E-state index in [1.165, 1.54) is 16.7 Å². The summed E-state index contributed by atoms with van der Waals surface area (Å²) in [7, 11) is 0. The molecule has 0 aliphatic carbocycles. The van der Waals surface area contributed by atoms with Crippen molar-refractivity contribution in [3.05, 3.63) is 81.3 Å². The van der Waals surface area contributed by atoms with Gasteiger partial charge in [-0.2, -0.15) is 0 Å². The second-order valence-corrected chi connectivity index (χ2v) is 7.46. The largest absolute Gasteiger partial charge is 0.493 e. The monoisotopic (exact) mass is 350 g/mol. The standard InChI is InChI=1S/C21H22N2OS/c1-15-23-19(14-25-15)13-22-21(16-6-3-2-4-7-16)18-9-10-20-17(12-18)8-5-11-24-20/h2-4,6-7,9-10,12,14,21-22H,5,8,11,13H2,1H3. The van der Waals surface area contributed by atoms with E-state index in [1.54, 1.807) is 11.3 Å². The average Bonchev–Trinajstić information content (AvgIpc) is 3.08. The van der Waals surface area contributed by atoms with E-state index in [2.05, 4.69) is 64.2 Å². The number of hydrogen-bond acceptors (Lipinski definition) is 4. The molecule has 1 aliphatic rings. The first kappa shape index (κ1) is 16.3. The summed E-state index contributed by atoms with van der Waals surface area (Å²) in [6.07, 6.45) is 2.19. The molecule has 1 N–H and O–H groups in total. The number of ether oxygens (including phenoxy) is 1. The average molecular weight is 350 g/mol. The first-order valence-electron chi connectivity index (χ1n) is 8.74. The van der Waals surface area contributed by atoms with Crippen molar-refractivity contribution in [3.8, 4) is 5.75 Å². The molecule has 2 aromatic carbocycles. The van der Waals surface area contributed by atoms with Crippen LogP contribution in [0.2, 0.25) is 0 Å². The van der Waals surface area contributed by atoms with E-state index in [0.717, 1.165) is 42.4 Å². The van der Waals surface area contributed by atoms with E-state index in [1.807, 2.05) is 6.92 Å². The molecule has 25 heavy (non-hydrogen) atoms. The minimum atomic E-state index is 0.149. The molecule has 0 amide bonds. The zero-order chi connectivity index (χ0) is 17.1. The molecule has 1 aromatic heterocycles. The number of rotatable bonds is 5. The highest BCUT2D eigenvalue weighted by Gasteiger charge is 2.17. The first-order valence-corrected chi connectivity index (χ1v) is 9.62. The zero-order valence-corrected chi connectivity index (χ0v) is 15.2. The topological polar surface area (TPSA) is 34.2 Å². The van der Waals surface area contributed by atoms with Crippen molar-refractivity contribution in [2.45, 2.75) is 32.4 Å². The highest BCUT2D eigenvalue weighted by molar-refractivity contribution is 7.09. The SMILES string of the molecule is Cc1nc(CNC(c2ccccc2)c2ccc3c(c2)CCCO3)cs1. The van der Waals surface area contributed by atoms with Crippen LogP contribution in [0.15, 0.2) is 53.9 Å². The van der Waals surface area contributed by atoms with E-state index in [0.29, 0.717) is 0 Å². The third-order valence-corrected chi connectivity index (χ3v) is 5.38. The van der Waals surface area contributed by atoms with Gasteiger partial charge in [0.1, 0.15) is 5.75 Å². The van der Waals surface area contributed by atoms with Crippen molar-refractivity contribution in [3.63, 3.8) is 0 Å². The van der Waals surface area contributed by atoms with Crippen LogP contribution in [0.5, 0.6) is 5.75 Å². The zero-order valence-electron chi connectivity index (χ0n) is 14.4.